The maximum atomic E-state index is 14.6. The van der Waals surface area contributed by atoms with Gasteiger partial charge >= 0.3 is 5.97 Å². The van der Waals surface area contributed by atoms with Crippen LogP contribution in [0.3, 0.4) is 0 Å². The van der Waals surface area contributed by atoms with Crippen molar-refractivity contribution >= 4 is 29.7 Å². The molecule has 276 valence electrons. The Bertz CT molecular complexity index is 1910. The predicted molar refractivity (Wildman–Crippen MR) is 193 cm³/mol. The van der Waals surface area contributed by atoms with Crippen LogP contribution in [0.25, 0.3) is 11.1 Å². The van der Waals surface area contributed by atoms with E-state index in [4.69, 9.17) is 9.89 Å². The van der Waals surface area contributed by atoms with Gasteiger partial charge in [0.25, 0.3) is 6.43 Å². The molecule has 1 saturated heterocycles. The quantitative estimate of drug-likeness (QED) is 0.225. The third-order valence-corrected chi connectivity index (χ3v) is 11.5. The molecule has 1 aromatic carbocycles. The van der Waals surface area contributed by atoms with Crippen molar-refractivity contribution in [1.29, 1.82) is 0 Å². The minimum absolute atomic E-state index is 0.0385. The van der Waals surface area contributed by atoms with Crippen molar-refractivity contribution in [2.75, 3.05) is 43.0 Å². The molecule has 14 heteroatoms. The molecule has 12 nitrogen and oxygen atoms in total. The van der Waals surface area contributed by atoms with E-state index >= 15 is 0 Å². The molecule has 6 heterocycles. The molecule has 0 unspecified atom stereocenters. The monoisotopic (exact) mass is 715 g/mol. The number of hydrogen-bond donors (Lipinski definition) is 1. The fraction of sp³-hybridized carbons (Fsp3) is 0.526. The number of carboxylic acid groups (broad SMARTS) is 1. The molecular weight excluding hydrogens is 668 g/mol. The third-order valence-electron chi connectivity index (χ3n) is 11.5. The van der Waals surface area contributed by atoms with Crippen molar-refractivity contribution in [3.8, 4) is 11.1 Å². The second kappa shape index (κ2) is 14.7. The number of hydrogen-bond acceptors (Lipinski definition) is 9. The molecule has 0 amide bonds. The molecule has 3 aromatic heterocycles. The molecule has 1 saturated carbocycles. The van der Waals surface area contributed by atoms with Crippen LogP contribution in [0.5, 0.6) is 0 Å². The van der Waals surface area contributed by atoms with Gasteiger partial charge in [-0.05, 0) is 94.0 Å². The van der Waals surface area contributed by atoms with Crippen LogP contribution < -0.4 is 9.80 Å². The summed E-state index contributed by atoms with van der Waals surface area (Å²) in [7, 11) is 3.95. The zero-order valence-corrected chi connectivity index (χ0v) is 30.1. The van der Waals surface area contributed by atoms with Gasteiger partial charge in [0.1, 0.15) is 6.29 Å². The smallest absolute Gasteiger partial charge is 0.338 e. The van der Waals surface area contributed by atoms with Crippen LogP contribution in [-0.4, -0.2) is 85.0 Å². The molecule has 1 spiro atoms. The summed E-state index contributed by atoms with van der Waals surface area (Å²) in [5.41, 5.74) is 6.17. The molecule has 52 heavy (non-hydrogen) atoms. The Morgan fingerprint density at radius 1 is 1.00 bits per heavy atom. The number of piperidine rings is 1. The number of carbonyl (C=O) groups is 2. The van der Waals surface area contributed by atoms with Gasteiger partial charge in [-0.3, -0.25) is 9.36 Å². The van der Waals surface area contributed by atoms with Gasteiger partial charge in [-0.15, -0.1) is 0 Å². The number of aldehydes is 1. The highest BCUT2D eigenvalue weighted by Crippen LogP contribution is 2.49. The summed E-state index contributed by atoms with van der Waals surface area (Å²) in [6.07, 6.45) is 13.6. The Hall–Kier alpha value is -4.72. The number of aromatic carboxylic acids is 1. The third kappa shape index (κ3) is 6.92. The standard InChI is InChI=1S/C36H43F2N9O2.C2H4O/c1-43-13-7-30-29(22-43)33(46-12-3-4-23-16-27(25-20-41-44(2)21-25)28(32(37)38)17-31(23)46)42-47(30)26-5-8-36(9-6-26)10-14-45(15-11-36)35-39-18-24(19-40-35)34(48)49;1-2-3/h16-21,26,32H,3-15,22H2,1-2H3,(H,48,49);2H,1H3. The Balaban J connectivity index is 0.00000136. The number of rotatable bonds is 6. The number of carbonyl (C=O) groups excluding carboxylic acids is 1. The first-order valence-corrected chi connectivity index (χ1v) is 18.3. The van der Waals surface area contributed by atoms with E-state index in [1.807, 2.05) is 6.07 Å². The Labute approximate surface area is 302 Å². The van der Waals surface area contributed by atoms with Crippen molar-refractivity contribution < 1.29 is 23.5 Å². The van der Waals surface area contributed by atoms with Crippen LogP contribution in [-0.2, 0) is 31.2 Å². The minimum Gasteiger partial charge on any atom is -0.478 e. The zero-order valence-electron chi connectivity index (χ0n) is 30.1. The highest BCUT2D eigenvalue weighted by Gasteiger charge is 2.41. The maximum Gasteiger partial charge on any atom is 0.338 e. The van der Waals surface area contributed by atoms with Gasteiger partial charge in [0.05, 0.1) is 17.8 Å². The van der Waals surface area contributed by atoms with E-state index in [1.54, 1.807) is 30.2 Å². The first kappa shape index (κ1) is 35.7. The van der Waals surface area contributed by atoms with Crippen LogP contribution in [0.15, 0.2) is 36.9 Å². The van der Waals surface area contributed by atoms with E-state index in [-0.39, 0.29) is 16.5 Å². The van der Waals surface area contributed by atoms with E-state index in [0.29, 0.717) is 23.1 Å². The van der Waals surface area contributed by atoms with Crippen molar-refractivity contribution in [3.63, 3.8) is 0 Å². The van der Waals surface area contributed by atoms with E-state index < -0.39 is 12.4 Å². The number of carboxylic acids is 1. The number of alkyl halides is 2. The lowest BCUT2D eigenvalue weighted by atomic mass is 9.67. The molecule has 2 fully saturated rings. The van der Waals surface area contributed by atoms with Crippen molar-refractivity contribution in [3.05, 3.63) is 64.9 Å². The Kier molecular flexibility index (Phi) is 10.1. The summed E-state index contributed by atoms with van der Waals surface area (Å²) in [6, 6.07) is 3.98. The average Bonchev–Trinajstić information content (AvgIpc) is 3.75. The lowest BCUT2D eigenvalue weighted by molar-refractivity contribution is -0.106. The summed E-state index contributed by atoms with van der Waals surface area (Å²) in [6.45, 7) is 5.70. The highest BCUT2D eigenvalue weighted by molar-refractivity contribution is 5.86. The molecule has 8 rings (SSSR count). The van der Waals surface area contributed by atoms with Crippen LogP contribution >= 0.6 is 0 Å². The fourth-order valence-corrected chi connectivity index (χ4v) is 8.68. The summed E-state index contributed by atoms with van der Waals surface area (Å²) in [5, 5.41) is 18.8. The first-order valence-electron chi connectivity index (χ1n) is 18.3. The Morgan fingerprint density at radius 2 is 1.71 bits per heavy atom. The lowest BCUT2D eigenvalue weighted by Gasteiger charge is -2.46. The molecule has 0 radical (unpaired) electrons. The molecule has 0 bridgehead atoms. The summed E-state index contributed by atoms with van der Waals surface area (Å²) in [5.74, 6) is 0.511. The highest BCUT2D eigenvalue weighted by atomic mass is 19.3. The summed E-state index contributed by atoms with van der Waals surface area (Å²) in [4.78, 5) is 35.4. The maximum absolute atomic E-state index is 14.6. The SMILES string of the molecule is CC=O.CN1CCc2c(c(N3CCCc4cc(-c5cnn(C)c5)c(C(F)F)cc43)nn2C2CCC3(CC2)CCN(c2ncc(C(=O)O)cn2)CC3)C1. The first-order chi connectivity index (χ1) is 25.1. The van der Waals surface area contributed by atoms with Crippen LogP contribution in [0.2, 0.25) is 0 Å². The van der Waals surface area contributed by atoms with Gasteiger partial charge < -0.3 is 24.6 Å². The number of anilines is 3. The normalized spacial score (nSPS) is 18.9. The lowest BCUT2D eigenvalue weighted by Crippen LogP contribution is -2.43. The molecule has 1 N–H and O–H groups in total. The van der Waals surface area contributed by atoms with E-state index in [9.17, 15) is 18.7 Å². The average molecular weight is 716 g/mol. The van der Waals surface area contributed by atoms with E-state index in [0.717, 1.165) is 114 Å². The molecule has 3 aliphatic heterocycles. The number of likely N-dealkylation sites (N-methyl/N-ethyl adjacent to an activating group) is 1. The number of halogens is 2. The van der Waals surface area contributed by atoms with Gasteiger partial charge in [0.2, 0.25) is 5.95 Å². The summed E-state index contributed by atoms with van der Waals surface area (Å²) < 4.78 is 33.2. The zero-order chi connectivity index (χ0) is 36.6. The molecule has 4 aliphatic rings. The van der Waals surface area contributed by atoms with Gasteiger partial charge in [0, 0.05) is 92.9 Å². The number of aryl methyl sites for hydroxylation is 2. The number of fused-ring (bicyclic) bond motifs is 2. The topological polar surface area (TPSA) is 126 Å². The number of benzene rings is 1. The van der Waals surface area contributed by atoms with E-state index in [1.165, 1.54) is 30.6 Å². The molecule has 4 aromatic rings. The van der Waals surface area contributed by atoms with Gasteiger partial charge in [0.15, 0.2) is 5.82 Å². The van der Waals surface area contributed by atoms with Crippen LogP contribution in [0, 0.1) is 5.41 Å². The van der Waals surface area contributed by atoms with Crippen molar-refractivity contribution in [1.82, 2.24) is 34.4 Å². The van der Waals surface area contributed by atoms with Crippen molar-refractivity contribution in [2.24, 2.45) is 12.5 Å². The Morgan fingerprint density at radius 3 is 2.35 bits per heavy atom. The summed E-state index contributed by atoms with van der Waals surface area (Å²) >= 11 is 0. The van der Waals surface area contributed by atoms with Gasteiger partial charge in [-0.25, -0.2) is 23.5 Å². The number of aromatic nitrogens is 6. The van der Waals surface area contributed by atoms with Crippen LogP contribution in [0.4, 0.5) is 26.2 Å². The van der Waals surface area contributed by atoms with E-state index in [2.05, 4.69) is 41.5 Å². The predicted octanol–water partition coefficient (Wildman–Crippen LogP) is 6.39. The second-order valence-electron chi connectivity index (χ2n) is 14.7. The molecule has 1 aliphatic carbocycles. The molecular formula is C38H47F2N9O3. The second-order valence-corrected chi connectivity index (χ2v) is 14.7. The van der Waals surface area contributed by atoms with Gasteiger partial charge in [-0.1, -0.05) is 0 Å². The molecule has 0 atom stereocenters. The van der Waals surface area contributed by atoms with Crippen LogP contribution in [0.1, 0.15) is 97.1 Å². The van der Waals surface area contributed by atoms with Gasteiger partial charge in [-0.2, -0.15) is 10.2 Å². The minimum atomic E-state index is -2.60. The fourth-order valence-electron chi connectivity index (χ4n) is 8.68. The van der Waals surface area contributed by atoms with Crippen molar-refractivity contribution in [2.45, 2.75) is 83.7 Å². The largest absolute Gasteiger partial charge is 0.478 e. The number of nitrogens with zero attached hydrogens (tertiary/aromatic N) is 9.